The van der Waals surface area contributed by atoms with Gasteiger partial charge in [-0.1, -0.05) is 0 Å². The molecule has 19 heavy (non-hydrogen) atoms. The first kappa shape index (κ1) is 13.4. The number of carboxylic acid groups (broad SMARTS) is 1. The normalized spacial score (nSPS) is 12.3. The Kier molecular flexibility index (Phi) is 4.08. The number of nitrogens with zero attached hydrogens (tertiary/aromatic N) is 1. The minimum absolute atomic E-state index is 0.0780. The zero-order chi connectivity index (χ0) is 13.8. The Morgan fingerprint density at radius 3 is 3.00 bits per heavy atom. The van der Waals surface area contributed by atoms with Crippen LogP contribution in [0.25, 0.3) is 10.2 Å². The van der Waals surface area contributed by atoms with Crippen LogP contribution >= 0.6 is 11.3 Å². The number of rotatable bonds is 5. The van der Waals surface area contributed by atoms with Gasteiger partial charge in [0, 0.05) is 12.7 Å². The molecule has 1 aromatic heterocycles. The molecule has 2 N–H and O–H groups in total. The molecule has 0 aliphatic rings. The van der Waals surface area contributed by atoms with E-state index >= 15 is 0 Å². The number of hydrogen-bond donors (Lipinski definition) is 2. The highest BCUT2D eigenvalue weighted by atomic mass is 32.1. The molecule has 0 fully saturated rings. The molecular weight excluding hydrogens is 268 g/mol. The SMILES string of the molecule is COC(CNC(=O)c1ccc2ncsc2c1)C(=O)O. The van der Waals surface area contributed by atoms with Crippen LogP contribution in [0.5, 0.6) is 0 Å². The lowest BCUT2D eigenvalue weighted by Crippen LogP contribution is -2.37. The zero-order valence-corrected chi connectivity index (χ0v) is 10.9. The van der Waals surface area contributed by atoms with Crippen LogP contribution in [0.15, 0.2) is 23.7 Å². The van der Waals surface area contributed by atoms with Crippen LogP contribution in [0.3, 0.4) is 0 Å². The molecule has 2 aromatic rings. The standard InChI is InChI=1S/C12H12N2O4S/c1-18-9(12(16)17)5-13-11(15)7-2-3-8-10(4-7)19-6-14-8/h2-4,6,9H,5H2,1H3,(H,13,15)(H,16,17). The quantitative estimate of drug-likeness (QED) is 0.857. The predicted molar refractivity (Wildman–Crippen MR) is 70.4 cm³/mol. The molecule has 100 valence electrons. The van der Waals surface area contributed by atoms with E-state index < -0.39 is 12.1 Å². The fourth-order valence-electron chi connectivity index (χ4n) is 1.56. The maximum Gasteiger partial charge on any atom is 0.334 e. The number of thiazole rings is 1. The molecular formula is C12H12N2O4S. The van der Waals surface area contributed by atoms with Crippen LogP contribution < -0.4 is 5.32 Å². The second-order valence-corrected chi connectivity index (χ2v) is 4.69. The predicted octanol–water partition coefficient (Wildman–Crippen LogP) is 1.13. The molecule has 1 aromatic carbocycles. The van der Waals surface area contributed by atoms with E-state index in [2.05, 4.69) is 10.3 Å². The summed E-state index contributed by atoms with van der Waals surface area (Å²) < 4.78 is 5.64. The Morgan fingerprint density at radius 2 is 2.32 bits per heavy atom. The molecule has 2 rings (SSSR count). The van der Waals surface area contributed by atoms with Crippen LogP contribution in [-0.4, -0.2) is 41.7 Å². The summed E-state index contributed by atoms with van der Waals surface area (Å²) in [6.07, 6.45) is -1.05. The zero-order valence-electron chi connectivity index (χ0n) is 10.1. The van der Waals surface area contributed by atoms with E-state index in [9.17, 15) is 9.59 Å². The Hall–Kier alpha value is -1.99. The van der Waals surface area contributed by atoms with Gasteiger partial charge in [-0.3, -0.25) is 4.79 Å². The van der Waals surface area contributed by atoms with Crippen molar-refractivity contribution in [2.45, 2.75) is 6.10 Å². The minimum Gasteiger partial charge on any atom is -0.479 e. The van der Waals surface area contributed by atoms with E-state index in [-0.39, 0.29) is 12.5 Å². The summed E-state index contributed by atoms with van der Waals surface area (Å²) in [6.45, 7) is -0.0780. The maximum absolute atomic E-state index is 11.9. The second kappa shape index (κ2) is 5.77. The second-order valence-electron chi connectivity index (χ2n) is 3.81. The molecule has 6 nitrogen and oxygen atoms in total. The molecule has 0 bridgehead atoms. The number of nitrogens with one attached hydrogen (secondary N) is 1. The number of amides is 1. The summed E-state index contributed by atoms with van der Waals surface area (Å²) in [5.74, 6) is -1.45. The van der Waals surface area contributed by atoms with Crippen molar-refractivity contribution in [2.75, 3.05) is 13.7 Å². The number of aromatic nitrogens is 1. The average molecular weight is 280 g/mol. The highest BCUT2D eigenvalue weighted by molar-refractivity contribution is 7.16. The fraction of sp³-hybridized carbons (Fsp3) is 0.250. The van der Waals surface area contributed by atoms with Gasteiger partial charge >= 0.3 is 5.97 Å². The minimum atomic E-state index is -1.11. The van der Waals surface area contributed by atoms with Crippen molar-refractivity contribution < 1.29 is 19.4 Å². The van der Waals surface area contributed by atoms with Crippen molar-refractivity contribution in [2.24, 2.45) is 0 Å². The number of carboxylic acids is 1. The van der Waals surface area contributed by atoms with Gasteiger partial charge in [-0.25, -0.2) is 9.78 Å². The van der Waals surface area contributed by atoms with Crippen LogP contribution in [0.2, 0.25) is 0 Å². The lowest BCUT2D eigenvalue weighted by molar-refractivity contribution is -0.148. The lowest BCUT2D eigenvalue weighted by Gasteiger charge is -2.11. The van der Waals surface area contributed by atoms with E-state index in [1.165, 1.54) is 18.4 Å². The Balaban J connectivity index is 2.05. The van der Waals surface area contributed by atoms with E-state index in [1.54, 1.807) is 23.7 Å². The summed E-state index contributed by atoms with van der Waals surface area (Å²) in [6, 6.07) is 5.14. The fourth-order valence-corrected chi connectivity index (χ4v) is 2.27. The van der Waals surface area contributed by atoms with Gasteiger partial charge in [0.05, 0.1) is 22.3 Å². The van der Waals surface area contributed by atoms with Crippen LogP contribution in [0.4, 0.5) is 0 Å². The van der Waals surface area contributed by atoms with Crippen molar-refractivity contribution >= 4 is 33.4 Å². The third-order valence-electron chi connectivity index (χ3n) is 2.60. The van der Waals surface area contributed by atoms with Crippen LogP contribution in [-0.2, 0) is 9.53 Å². The van der Waals surface area contributed by atoms with Gasteiger partial charge in [0.2, 0.25) is 0 Å². The molecule has 0 aliphatic heterocycles. The molecule has 0 saturated heterocycles. The largest absolute Gasteiger partial charge is 0.479 e. The van der Waals surface area contributed by atoms with Gasteiger partial charge in [-0.2, -0.15) is 0 Å². The summed E-state index contributed by atoms with van der Waals surface area (Å²) in [7, 11) is 1.29. The van der Waals surface area contributed by atoms with Crippen molar-refractivity contribution in [3.63, 3.8) is 0 Å². The third kappa shape index (κ3) is 3.07. The Bertz CT molecular complexity index is 611. The molecule has 7 heteroatoms. The van der Waals surface area contributed by atoms with Crippen LogP contribution in [0, 0.1) is 0 Å². The first-order valence-electron chi connectivity index (χ1n) is 5.49. The first-order valence-corrected chi connectivity index (χ1v) is 6.37. The number of carbonyl (C=O) groups excluding carboxylic acids is 1. The van der Waals surface area contributed by atoms with Crippen molar-refractivity contribution in [3.8, 4) is 0 Å². The molecule has 1 unspecified atom stereocenters. The molecule has 0 radical (unpaired) electrons. The lowest BCUT2D eigenvalue weighted by atomic mass is 10.2. The number of aliphatic carboxylic acids is 1. The van der Waals surface area contributed by atoms with Gasteiger partial charge in [0.1, 0.15) is 0 Å². The van der Waals surface area contributed by atoms with Gasteiger partial charge < -0.3 is 15.2 Å². The van der Waals surface area contributed by atoms with E-state index in [0.29, 0.717) is 5.56 Å². The Morgan fingerprint density at radius 1 is 1.53 bits per heavy atom. The summed E-state index contributed by atoms with van der Waals surface area (Å²) >= 11 is 1.44. The van der Waals surface area contributed by atoms with E-state index in [4.69, 9.17) is 9.84 Å². The molecule has 1 amide bonds. The Labute approximate surface area is 113 Å². The highest BCUT2D eigenvalue weighted by Gasteiger charge is 2.17. The number of fused-ring (bicyclic) bond motifs is 1. The van der Waals surface area contributed by atoms with Gasteiger partial charge in [0.25, 0.3) is 5.91 Å². The number of carbonyl (C=O) groups is 2. The van der Waals surface area contributed by atoms with E-state index in [1.807, 2.05) is 0 Å². The van der Waals surface area contributed by atoms with Crippen molar-refractivity contribution in [1.29, 1.82) is 0 Å². The summed E-state index contributed by atoms with van der Waals surface area (Å²) in [4.78, 5) is 26.7. The van der Waals surface area contributed by atoms with Gasteiger partial charge in [-0.05, 0) is 18.2 Å². The number of hydrogen-bond acceptors (Lipinski definition) is 5. The monoisotopic (exact) mass is 280 g/mol. The van der Waals surface area contributed by atoms with E-state index in [0.717, 1.165) is 10.2 Å². The molecule has 0 spiro atoms. The first-order chi connectivity index (χ1) is 9.11. The van der Waals surface area contributed by atoms with Crippen molar-refractivity contribution in [3.05, 3.63) is 29.3 Å². The van der Waals surface area contributed by atoms with Gasteiger partial charge in [-0.15, -0.1) is 11.3 Å². The van der Waals surface area contributed by atoms with Crippen molar-refractivity contribution in [1.82, 2.24) is 10.3 Å². The third-order valence-corrected chi connectivity index (χ3v) is 3.39. The van der Waals surface area contributed by atoms with Crippen LogP contribution in [0.1, 0.15) is 10.4 Å². The molecule has 0 aliphatic carbocycles. The maximum atomic E-state index is 11.9. The molecule has 0 saturated carbocycles. The average Bonchev–Trinajstić information content (AvgIpc) is 2.85. The summed E-state index contributed by atoms with van der Waals surface area (Å²) in [5, 5.41) is 11.3. The smallest absolute Gasteiger partial charge is 0.334 e. The number of benzene rings is 1. The molecule has 1 atom stereocenters. The molecule has 1 heterocycles. The summed E-state index contributed by atoms with van der Waals surface area (Å²) in [5.41, 5.74) is 3.01. The van der Waals surface area contributed by atoms with Gasteiger partial charge in [0.15, 0.2) is 6.10 Å². The number of methoxy groups -OCH3 is 1. The highest BCUT2D eigenvalue weighted by Crippen LogP contribution is 2.18. The topological polar surface area (TPSA) is 88.5 Å². The number of ether oxygens (including phenoxy) is 1.